The minimum Gasteiger partial charge on any atom is -0.368 e. The molecule has 2 fully saturated rings. The maximum Gasteiger partial charge on any atom is 0.227 e. The number of nitrogens with two attached hydrogens (primary N) is 1. The number of nitrogens with one attached hydrogen (secondary N) is 2. The number of H-pyrrole nitrogens is 1. The van der Waals surface area contributed by atoms with Crippen molar-refractivity contribution in [2.24, 2.45) is 11.7 Å². The fourth-order valence-corrected chi connectivity index (χ4v) is 3.52. The first kappa shape index (κ1) is 14.8. The van der Waals surface area contributed by atoms with Crippen molar-refractivity contribution >= 4 is 39.9 Å². The van der Waals surface area contributed by atoms with Gasteiger partial charge >= 0.3 is 0 Å². The summed E-state index contributed by atoms with van der Waals surface area (Å²) in [6, 6.07) is 0.145. The van der Waals surface area contributed by atoms with Crippen LogP contribution in [0.4, 0.5) is 11.4 Å². The van der Waals surface area contributed by atoms with Crippen LogP contribution in [-0.4, -0.2) is 35.0 Å². The first-order valence-corrected chi connectivity index (χ1v) is 8.48. The zero-order valence-corrected chi connectivity index (χ0v) is 13.6. The zero-order valence-electron chi connectivity index (χ0n) is 12.8. The molecule has 2 aromatic rings. The lowest BCUT2D eigenvalue weighted by Gasteiger charge is -2.33. The molecule has 122 valence electrons. The van der Waals surface area contributed by atoms with E-state index in [1.165, 1.54) is 0 Å². The van der Waals surface area contributed by atoms with Gasteiger partial charge in [0.05, 0.1) is 28.0 Å². The molecule has 4 N–H and O–H groups in total. The summed E-state index contributed by atoms with van der Waals surface area (Å²) in [5.41, 5.74) is 8.52. The smallest absolute Gasteiger partial charge is 0.227 e. The summed E-state index contributed by atoms with van der Waals surface area (Å²) in [7, 11) is 0. The van der Waals surface area contributed by atoms with Crippen LogP contribution in [0.25, 0.3) is 11.0 Å². The van der Waals surface area contributed by atoms with Crippen molar-refractivity contribution in [3.8, 4) is 0 Å². The molecule has 0 spiro atoms. The minimum atomic E-state index is 0.0761. The van der Waals surface area contributed by atoms with Gasteiger partial charge in [0.15, 0.2) is 0 Å². The lowest BCUT2D eigenvalue weighted by Crippen LogP contribution is -2.43. The largest absolute Gasteiger partial charge is 0.368 e. The highest BCUT2D eigenvalue weighted by Gasteiger charge is 2.31. The molecule has 1 aliphatic carbocycles. The van der Waals surface area contributed by atoms with Crippen LogP contribution in [0.2, 0.25) is 5.02 Å². The normalized spacial score (nSPS) is 21.7. The molecule has 0 unspecified atom stereocenters. The van der Waals surface area contributed by atoms with Crippen LogP contribution in [0.3, 0.4) is 0 Å². The SMILES string of the molecule is N[C@@H]1CCCN(c2c(Cl)cnc3[nH]cc(NC(=O)C4CC4)c23)C1. The van der Waals surface area contributed by atoms with E-state index in [1.54, 1.807) is 12.4 Å². The molecule has 4 rings (SSSR count). The summed E-state index contributed by atoms with van der Waals surface area (Å²) in [6.45, 7) is 1.67. The third kappa shape index (κ3) is 2.77. The number of carbonyl (C=O) groups excluding carboxylic acids is 1. The van der Waals surface area contributed by atoms with E-state index >= 15 is 0 Å². The van der Waals surface area contributed by atoms with Crippen LogP contribution in [0.1, 0.15) is 25.7 Å². The average molecular weight is 334 g/mol. The van der Waals surface area contributed by atoms with Crippen LogP contribution in [0, 0.1) is 5.92 Å². The van der Waals surface area contributed by atoms with Crippen molar-refractivity contribution in [2.75, 3.05) is 23.3 Å². The van der Waals surface area contributed by atoms with E-state index < -0.39 is 0 Å². The number of hydrogen-bond donors (Lipinski definition) is 3. The predicted molar refractivity (Wildman–Crippen MR) is 91.9 cm³/mol. The maximum absolute atomic E-state index is 12.1. The Balaban J connectivity index is 1.76. The van der Waals surface area contributed by atoms with Crippen LogP contribution in [-0.2, 0) is 4.79 Å². The van der Waals surface area contributed by atoms with Gasteiger partial charge in [-0.2, -0.15) is 0 Å². The number of carbonyl (C=O) groups is 1. The van der Waals surface area contributed by atoms with Crippen LogP contribution in [0.5, 0.6) is 0 Å². The highest BCUT2D eigenvalue weighted by molar-refractivity contribution is 6.35. The number of aromatic amines is 1. The number of hydrogen-bond acceptors (Lipinski definition) is 4. The second-order valence-corrected chi connectivity index (χ2v) is 6.90. The molecule has 1 saturated carbocycles. The van der Waals surface area contributed by atoms with E-state index in [-0.39, 0.29) is 17.9 Å². The minimum absolute atomic E-state index is 0.0761. The average Bonchev–Trinajstić information content (AvgIpc) is 3.31. The molecule has 1 amide bonds. The van der Waals surface area contributed by atoms with E-state index in [0.29, 0.717) is 5.02 Å². The molecule has 23 heavy (non-hydrogen) atoms. The standard InChI is InChI=1S/C16H20ClN5O/c17-11-6-19-15-13(14(11)22-5-1-2-10(18)8-22)12(7-20-15)21-16(23)9-3-4-9/h6-7,9-10H,1-5,8,18H2,(H,19,20)(H,21,23)/t10-/m1/s1. The number of anilines is 2. The summed E-state index contributed by atoms with van der Waals surface area (Å²) in [6.07, 6.45) is 7.46. The van der Waals surface area contributed by atoms with Crippen LogP contribution < -0.4 is 16.0 Å². The van der Waals surface area contributed by atoms with Crippen molar-refractivity contribution in [3.05, 3.63) is 17.4 Å². The molecule has 0 bridgehead atoms. The van der Waals surface area contributed by atoms with Gasteiger partial charge in [0.2, 0.25) is 5.91 Å². The fraction of sp³-hybridized carbons (Fsp3) is 0.500. The Labute approximate surface area is 139 Å². The summed E-state index contributed by atoms with van der Waals surface area (Å²) >= 11 is 6.45. The summed E-state index contributed by atoms with van der Waals surface area (Å²) in [5.74, 6) is 0.228. The topological polar surface area (TPSA) is 87.0 Å². The lowest BCUT2D eigenvalue weighted by molar-refractivity contribution is -0.117. The summed E-state index contributed by atoms with van der Waals surface area (Å²) < 4.78 is 0. The van der Waals surface area contributed by atoms with Gasteiger partial charge in [0, 0.05) is 31.2 Å². The first-order valence-electron chi connectivity index (χ1n) is 8.10. The third-order valence-corrected chi connectivity index (χ3v) is 4.89. The quantitative estimate of drug-likeness (QED) is 0.805. The Bertz CT molecular complexity index is 754. The van der Waals surface area contributed by atoms with Gasteiger partial charge in [-0.1, -0.05) is 11.6 Å². The third-order valence-electron chi connectivity index (χ3n) is 4.61. The second kappa shape index (κ2) is 5.69. The molecule has 0 aromatic carbocycles. The Morgan fingerprint density at radius 2 is 2.26 bits per heavy atom. The first-order chi connectivity index (χ1) is 11.1. The van der Waals surface area contributed by atoms with E-state index in [0.717, 1.165) is 61.2 Å². The van der Waals surface area contributed by atoms with E-state index in [9.17, 15) is 4.79 Å². The number of halogens is 1. The molecule has 3 heterocycles. The number of piperidine rings is 1. The highest BCUT2D eigenvalue weighted by atomic mass is 35.5. The van der Waals surface area contributed by atoms with Crippen LogP contribution in [0.15, 0.2) is 12.4 Å². The Morgan fingerprint density at radius 1 is 1.43 bits per heavy atom. The highest BCUT2D eigenvalue weighted by Crippen LogP contribution is 2.39. The predicted octanol–water partition coefficient (Wildman–Crippen LogP) is 2.49. The zero-order chi connectivity index (χ0) is 16.0. The summed E-state index contributed by atoms with van der Waals surface area (Å²) in [4.78, 5) is 21.8. The second-order valence-electron chi connectivity index (χ2n) is 6.49. The number of rotatable bonds is 3. The molecule has 2 aromatic heterocycles. The molecule has 1 saturated heterocycles. The Morgan fingerprint density at radius 3 is 3.00 bits per heavy atom. The number of amides is 1. The van der Waals surface area contributed by atoms with Crippen molar-refractivity contribution in [1.82, 2.24) is 9.97 Å². The molecule has 1 atom stereocenters. The number of nitrogens with zero attached hydrogens (tertiary/aromatic N) is 2. The number of fused-ring (bicyclic) bond motifs is 1. The van der Waals surface area contributed by atoms with Crippen molar-refractivity contribution in [3.63, 3.8) is 0 Å². The van der Waals surface area contributed by atoms with E-state index in [4.69, 9.17) is 17.3 Å². The maximum atomic E-state index is 12.1. The van der Waals surface area contributed by atoms with Crippen molar-refractivity contribution < 1.29 is 4.79 Å². The van der Waals surface area contributed by atoms with Gasteiger partial charge < -0.3 is 20.9 Å². The van der Waals surface area contributed by atoms with Gasteiger partial charge in [-0.15, -0.1) is 0 Å². The van der Waals surface area contributed by atoms with Gasteiger partial charge in [-0.25, -0.2) is 4.98 Å². The molecule has 6 nitrogen and oxygen atoms in total. The number of pyridine rings is 1. The van der Waals surface area contributed by atoms with Gasteiger partial charge in [-0.05, 0) is 25.7 Å². The molecule has 0 radical (unpaired) electrons. The lowest BCUT2D eigenvalue weighted by atomic mass is 10.1. The molecule has 1 aliphatic heterocycles. The summed E-state index contributed by atoms with van der Waals surface area (Å²) in [5, 5.41) is 4.48. The van der Waals surface area contributed by atoms with E-state index in [2.05, 4.69) is 20.2 Å². The number of aromatic nitrogens is 2. The van der Waals surface area contributed by atoms with E-state index in [1.807, 2.05) is 0 Å². The molecular weight excluding hydrogens is 314 g/mol. The fourth-order valence-electron chi connectivity index (χ4n) is 3.26. The monoisotopic (exact) mass is 333 g/mol. The van der Waals surface area contributed by atoms with Crippen molar-refractivity contribution in [2.45, 2.75) is 31.7 Å². The van der Waals surface area contributed by atoms with Gasteiger partial charge in [0.1, 0.15) is 5.65 Å². The van der Waals surface area contributed by atoms with Crippen molar-refractivity contribution in [1.29, 1.82) is 0 Å². The van der Waals surface area contributed by atoms with Crippen LogP contribution >= 0.6 is 11.6 Å². The van der Waals surface area contributed by atoms with Gasteiger partial charge in [0.25, 0.3) is 0 Å². The molecular formula is C16H20ClN5O. The van der Waals surface area contributed by atoms with Gasteiger partial charge in [-0.3, -0.25) is 4.79 Å². The molecule has 7 heteroatoms. The molecule has 2 aliphatic rings. The Kier molecular flexibility index (Phi) is 3.66. The Hall–Kier alpha value is -1.79.